The number of nitrogens with zero attached hydrogens (tertiary/aromatic N) is 3. The fourth-order valence-electron chi connectivity index (χ4n) is 3.15. The Hall–Kier alpha value is -2.81. The van der Waals surface area contributed by atoms with Crippen molar-refractivity contribution in [1.82, 2.24) is 19.9 Å². The molecule has 0 aliphatic rings. The normalized spacial score (nSPS) is 13.1. The van der Waals surface area contributed by atoms with Gasteiger partial charge in [-0.1, -0.05) is 17.7 Å². The van der Waals surface area contributed by atoms with Gasteiger partial charge in [-0.3, -0.25) is 4.79 Å². The van der Waals surface area contributed by atoms with Gasteiger partial charge in [0.25, 0.3) is 5.56 Å². The van der Waals surface area contributed by atoms with Crippen LogP contribution in [-0.4, -0.2) is 45.9 Å². The molecule has 0 unspecified atom stereocenters. The third-order valence-corrected chi connectivity index (χ3v) is 4.93. The van der Waals surface area contributed by atoms with Crippen LogP contribution >= 0.6 is 11.6 Å². The highest BCUT2D eigenvalue weighted by molar-refractivity contribution is 6.30. The van der Waals surface area contributed by atoms with Crippen LogP contribution in [-0.2, 0) is 0 Å². The summed E-state index contributed by atoms with van der Waals surface area (Å²) < 4.78 is 15.2. The minimum Gasteiger partial charge on any atom is -0.394 e. The van der Waals surface area contributed by atoms with Gasteiger partial charge in [-0.15, -0.1) is 0 Å². The molecule has 0 saturated carbocycles. The molecule has 2 atom stereocenters. The van der Waals surface area contributed by atoms with Crippen molar-refractivity contribution in [2.45, 2.75) is 19.0 Å². The maximum atomic E-state index is 13.8. The molecule has 7 nitrogen and oxygen atoms in total. The molecular weight excluding hydrogens is 409 g/mol. The molecule has 9 heteroatoms. The summed E-state index contributed by atoms with van der Waals surface area (Å²) >= 11 is 5.73. The van der Waals surface area contributed by atoms with E-state index >= 15 is 0 Å². The molecule has 3 rings (SSSR count). The Morgan fingerprint density at radius 3 is 2.73 bits per heavy atom. The van der Waals surface area contributed by atoms with E-state index in [0.717, 1.165) is 6.54 Å². The maximum absolute atomic E-state index is 13.8. The lowest BCUT2D eigenvalue weighted by Gasteiger charge is -2.19. The van der Waals surface area contributed by atoms with Gasteiger partial charge in [0.15, 0.2) is 0 Å². The molecule has 3 aromatic rings. The van der Waals surface area contributed by atoms with Crippen LogP contribution in [0.2, 0.25) is 5.02 Å². The van der Waals surface area contributed by atoms with Gasteiger partial charge in [-0.05, 0) is 43.8 Å². The number of nitrogens with one attached hydrogen (secondary N) is 2. The van der Waals surface area contributed by atoms with E-state index in [-0.39, 0.29) is 23.2 Å². The SMILES string of the molecule is CNC[C@H](C)Nc1nccc(-c2ccn([C@H](CO)c3ccc(Cl)c(F)c3)c(=O)c2)n1. The van der Waals surface area contributed by atoms with Gasteiger partial charge in [-0.2, -0.15) is 0 Å². The molecule has 158 valence electrons. The number of likely N-dealkylation sites (N-methyl/N-ethyl adjacent to an activating group) is 1. The number of hydrogen-bond donors (Lipinski definition) is 3. The van der Waals surface area contributed by atoms with Crippen LogP contribution < -0.4 is 16.2 Å². The molecule has 2 heterocycles. The van der Waals surface area contributed by atoms with Crippen molar-refractivity contribution < 1.29 is 9.50 Å². The Kier molecular flexibility index (Phi) is 7.15. The van der Waals surface area contributed by atoms with E-state index in [4.69, 9.17) is 11.6 Å². The van der Waals surface area contributed by atoms with Crippen molar-refractivity contribution >= 4 is 17.5 Å². The van der Waals surface area contributed by atoms with Crippen LogP contribution in [0.1, 0.15) is 18.5 Å². The van der Waals surface area contributed by atoms with Crippen LogP contribution in [0.15, 0.2) is 53.6 Å². The average molecular weight is 432 g/mol. The summed E-state index contributed by atoms with van der Waals surface area (Å²) in [7, 11) is 1.86. The smallest absolute Gasteiger partial charge is 0.251 e. The van der Waals surface area contributed by atoms with Crippen LogP contribution in [0, 0.1) is 5.82 Å². The molecule has 1 aromatic carbocycles. The quantitative estimate of drug-likeness (QED) is 0.508. The number of aliphatic hydroxyl groups is 1. The van der Waals surface area contributed by atoms with E-state index in [1.165, 1.54) is 22.8 Å². The van der Waals surface area contributed by atoms with Gasteiger partial charge in [0.2, 0.25) is 5.95 Å². The highest BCUT2D eigenvalue weighted by Gasteiger charge is 2.16. The first-order valence-electron chi connectivity index (χ1n) is 9.45. The molecule has 0 saturated heterocycles. The Morgan fingerprint density at radius 1 is 1.27 bits per heavy atom. The predicted octanol–water partition coefficient (Wildman–Crippen LogP) is 2.70. The van der Waals surface area contributed by atoms with Crippen molar-refractivity contribution in [3.63, 3.8) is 0 Å². The molecular formula is C21H23ClFN5O2. The van der Waals surface area contributed by atoms with Crippen molar-refractivity contribution in [3.05, 3.63) is 75.5 Å². The van der Waals surface area contributed by atoms with Crippen molar-refractivity contribution in [2.24, 2.45) is 0 Å². The molecule has 0 spiro atoms. The van der Waals surface area contributed by atoms with Crippen LogP contribution in [0.3, 0.4) is 0 Å². The van der Waals surface area contributed by atoms with Gasteiger partial charge >= 0.3 is 0 Å². The second-order valence-electron chi connectivity index (χ2n) is 6.90. The molecule has 0 aliphatic carbocycles. The largest absolute Gasteiger partial charge is 0.394 e. The molecule has 0 amide bonds. The first-order valence-corrected chi connectivity index (χ1v) is 9.83. The summed E-state index contributed by atoms with van der Waals surface area (Å²) in [5.41, 5.74) is 1.30. The summed E-state index contributed by atoms with van der Waals surface area (Å²) in [6, 6.07) is 8.47. The summed E-state index contributed by atoms with van der Waals surface area (Å²) in [6.45, 7) is 2.38. The minimum absolute atomic E-state index is 0.0182. The Morgan fingerprint density at radius 2 is 2.07 bits per heavy atom. The molecule has 0 aliphatic heterocycles. The van der Waals surface area contributed by atoms with Crippen LogP contribution in [0.25, 0.3) is 11.3 Å². The number of pyridine rings is 1. The van der Waals surface area contributed by atoms with Gasteiger partial charge in [0, 0.05) is 36.6 Å². The first-order chi connectivity index (χ1) is 14.4. The molecule has 0 fully saturated rings. The average Bonchev–Trinajstić information content (AvgIpc) is 2.72. The zero-order chi connectivity index (χ0) is 21.7. The highest BCUT2D eigenvalue weighted by Crippen LogP contribution is 2.23. The number of anilines is 1. The number of rotatable bonds is 8. The second-order valence-corrected chi connectivity index (χ2v) is 7.31. The number of benzene rings is 1. The monoisotopic (exact) mass is 431 g/mol. The van der Waals surface area contributed by atoms with E-state index < -0.39 is 11.9 Å². The van der Waals surface area contributed by atoms with E-state index in [1.807, 2.05) is 14.0 Å². The lowest BCUT2D eigenvalue weighted by molar-refractivity contribution is 0.247. The summed E-state index contributed by atoms with van der Waals surface area (Å²) in [4.78, 5) is 21.4. The fraction of sp³-hybridized carbons (Fsp3) is 0.286. The molecule has 2 aromatic heterocycles. The number of hydrogen-bond acceptors (Lipinski definition) is 6. The van der Waals surface area contributed by atoms with Gasteiger partial charge in [0.1, 0.15) is 5.82 Å². The van der Waals surface area contributed by atoms with Crippen LogP contribution in [0.4, 0.5) is 10.3 Å². The Bertz CT molecular complexity index is 1080. The second kappa shape index (κ2) is 9.80. The zero-order valence-corrected chi connectivity index (χ0v) is 17.4. The summed E-state index contributed by atoms with van der Waals surface area (Å²) in [5.74, 6) is -0.143. The van der Waals surface area contributed by atoms with E-state index in [1.54, 1.807) is 30.6 Å². The lowest BCUT2D eigenvalue weighted by Crippen LogP contribution is -2.28. The van der Waals surface area contributed by atoms with Gasteiger partial charge in [-0.25, -0.2) is 14.4 Å². The maximum Gasteiger partial charge on any atom is 0.251 e. The van der Waals surface area contributed by atoms with E-state index in [2.05, 4.69) is 20.6 Å². The van der Waals surface area contributed by atoms with Gasteiger partial charge < -0.3 is 20.3 Å². The molecule has 30 heavy (non-hydrogen) atoms. The van der Waals surface area contributed by atoms with Crippen molar-refractivity contribution in [3.8, 4) is 11.3 Å². The Balaban J connectivity index is 1.89. The summed E-state index contributed by atoms with van der Waals surface area (Å²) in [5, 5.41) is 16.1. The summed E-state index contributed by atoms with van der Waals surface area (Å²) in [6.07, 6.45) is 3.18. The minimum atomic E-state index is -0.733. The van der Waals surface area contributed by atoms with E-state index in [9.17, 15) is 14.3 Å². The standard InChI is InChI=1S/C21H23ClFN5O2/c1-13(11-24-2)26-21-25-7-5-18(27-21)14-6-8-28(20(30)10-14)19(12-29)15-3-4-16(22)17(23)9-15/h3-10,13,19,24,29H,11-12H2,1-2H3,(H,25,26,27)/t13-,19+/m0/s1. The zero-order valence-electron chi connectivity index (χ0n) is 16.6. The molecule has 0 radical (unpaired) electrons. The highest BCUT2D eigenvalue weighted by atomic mass is 35.5. The molecule has 3 N–H and O–H groups in total. The number of aromatic nitrogens is 3. The number of aliphatic hydroxyl groups excluding tert-OH is 1. The Labute approximate surface area is 178 Å². The third kappa shape index (κ3) is 5.02. The molecule has 0 bridgehead atoms. The van der Waals surface area contributed by atoms with E-state index in [0.29, 0.717) is 22.8 Å². The first kappa shape index (κ1) is 21.9. The van der Waals surface area contributed by atoms with Crippen molar-refractivity contribution in [2.75, 3.05) is 25.5 Å². The van der Waals surface area contributed by atoms with Crippen molar-refractivity contribution in [1.29, 1.82) is 0 Å². The fourth-order valence-corrected chi connectivity index (χ4v) is 3.26. The lowest BCUT2D eigenvalue weighted by atomic mass is 10.1. The third-order valence-electron chi connectivity index (χ3n) is 4.62. The topological polar surface area (TPSA) is 92.1 Å². The van der Waals surface area contributed by atoms with Crippen LogP contribution in [0.5, 0.6) is 0 Å². The predicted molar refractivity (Wildman–Crippen MR) is 115 cm³/mol. The van der Waals surface area contributed by atoms with Gasteiger partial charge in [0.05, 0.1) is 23.4 Å². The number of halogens is 2.